The third kappa shape index (κ3) is 4.53. The Kier molecular flexibility index (Phi) is 6.72. The number of anilines is 2. The number of aromatic nitrogens is 3. The van der Waals surface area contributed by atoms with Gasteiger partial charge in [-0.15, -0.1) is 0 Å². The third-order valence-electron chi connectivity index (χ3n) is 7.41. The minimum atomic E-state index is -0.223. The molecule has 2 heterocycles. The largest absolute Gasteiger partial charge is 0.383 e. The summed E-state index contributed by atoms with van der Waals surface area (Å²) < 4.78 is 2.00. The normalized spacial score (nSPS) is 13.6. The monoisotopic (exact) mass is 508 g/mol. The maximum atomic E-state index is 13.1. The van der Waals surface area contributed by atoms with Crippen molar-refractivity contribution in [2.75, 3.05) is 18.1 Å². The van der Waals surface area contributed by atoms with Crippen LogP contribution in [0.5, 0.6) is 0 Å². The smallest absolute Gasteiger partial charge is 0.253 e. The molecular formula is C30H32N6O2. The molecular weight excluding hydrogens is 476 g/mol. The van der Waals surface area contributed by atoms with Crippen molar-refractivity contribution >= 4 is 34.4 Å². The lowest BCUT2D eigenvalue weighted by Crippen LogP contribution is -2.35. The molecule has 0 saturated heterocycles. The standard InChI is InChI=1S/C30H32N6O2/c1-18(2)29(37)34-22-15-13-20(14-16-22)26-24(25-27(31)32-17-33-28(25)36(26)4)19-9-11-21(12-10-19)30(38)35(3)23-7-5-6-8-23/h9-17,23H,1,5-8H2,2-4H3,(H,34,37)(H2,31,32,33). The van der Waals surface area contributed by atoms with Crippen molar-refractivity contribution in [2.24, 2.45) is 7.05 Å². The van der Waals surface area contributed by atoms with E-state index >= 15 is 0 Å². The van der Waals surface area contributed by atoms with E-state index in [0.717, 1.165) is 40.6 Å². The Morgan fingerprint density at radius 3 is 2.29 bits per heavy atom. The van der Waals surface area contributed by atoms with Crippen molar-refractivity contribution in [3.63, 3.8) is 0 Å². The molecule has 1 fully saturated rings. The average molecular weight is 509 g/mol. The number of fused-ring (bicyclic) bond motifs is 1. The predicted octanol–water partition coefficient (Wildman–Crippen LogP) is 5.41. The van der Waals surface area contributed by atoms with Crippen molar-refractivity contribution < 1.29 is 9.59 Å². The van der Waals surface area contributed by atoms with Crippen LogP contribution in [-0.2, 0) is 11.8 Å². The minimum Gasteiger partial charge on any atom is -0.383 e. The molecule has 1 saturated carbocycles. The fourth-order valence-corrected chi connectivity index (χ4v) is 5.28. The number of nitrogen functional groups attached to an aromatic ring is 1. The fourth-order valence-electron chi connectivity index (χ4n) is 5.28. The van der Waals surface area contributed by atoms with Crippen molar-refractivity contribution in [3.8, 4) is 22.4 Å². The number of hydrogen-bond donors (Lipinski definition) is 2. The van der Waals surface area contributed by atoms with Crippen LogP contribution >= 0.6 is 0 Å². The van der Waals surface area contributed by atoms with E-state index < -0.39 is 0 Å². The van der Waals surface area contributed by atoms with Gasteiger partial charge in [-0.2, -0.15) is 0 Å². The highest BCUT2D eigenvalue weighted by molar-refractivity contribution is 6.08. The van der Waals surface area contributed by atoms with Gasteiger partial charge in [-0.05, 0) is 55.2 Å². The van der Waals surface area contributed by atoms with E-state index in [4.69, 9.17) is 5.73 Å². The molecule has 0 atom stereocenters. The van der Waals surface area contributed by atoms with Gasteiger partial charge in [-0.1, -0.05) is 43.7 Å². The van der Waals surface area contributed by atoms with Gasteiger partial charge in [0.2, 0.25) is 0 Å². The van der Waals surface area contributed by atoms with E-state index in [1.165, 1.54) is 19.2 Å². The van der Waals surface area contributed by atoms with Gasteiger partial charge in [0.05, 0.1) is 11.1 Å². The maximum Gasteiger partial charge on any atom is 0.253 e. The van der Waals surface area contributed by atoms with E-state index in [1.807, 2.05) is 72.1 Å². The molecule has 1 aliphatic carbocycles. The molecule has 194 valence electrons. The molecule has 8 nitrogen and oxygen atoms in total. The molecule has 0 unspecified atom stereocenters. The Morgan fingerprint density at radius 2 is 1.66 bits per heavy atom. The van der Waals surface area contributed by atoms with E-state index in [9.17, 15) is 9.59 Å². The van der Waals surface area contributed by atoms with Gasteiger partial charge in [0, 0.05) is 42.5 Å². The lowest BCUT2D eigenvalue weighted by molar-refractivity contribution is -0.112. The number of rotatable bonds is 6. The summed E-state index contributed by atoms with van der Waals surface area (Å²) >= 11 is 0. The van der Waals surface area contributed by atoms with Gasteiger partial charge < -0.3 is 20.5 Å². The molecule has 0 spiro atoms. The first-order chi connectivity index (χ1) is 18.3. The quantitative estimate of drug-likeness (QED) is 0.339. The number of nitrogens with zero attached hydrogens (tertiary/aromatic N) is 4. The van der Waals surface area contributed by atoms with Crippen molar-refractivity contribution in [1.29, 1.82) is 0 Å². The molecule has 8 heteroatoms. The van der Waals surface area contributed by atoms with E-state index in [0.29, 0.717) is 34.3 Å². The Morgan fingerprint density at radius 1 is 1.03 bits per heavy atom. The summed E-state index contributed by atoms with van der Waals surface area (Å²) in [6.45, 7) is 5.36. The summed E-state index contributed by atoms with van der Waals surface area (Å²) in [7, 11) is 3.84. The molecule has 3 N–H and O–H groups in total. The molecule has 2 aromatic heterocycles. The molecule has 2 amide bonds. The van der Waals surface area contributed by atoms with Crippen LogP contribution in [0.25, 0.3) is 33.4 Å². The first-order valence-electron chi connectivity index (χ1n) is 12.8. The minimum absolute atomic E-state index is 0.0387. The van der Waals surface area contributed by atoms with Gasteiger partial charge in [0.25, 0.3) is 11.8 Å². The maximum absolute atomic E-state index is 13.1. The number of benzene rings is 2. The molecule has 5 rings (SSSR count). The highest BCUT2D eigenvalue weighted by Crippen LogP contribution is 2.41. The van der Waals surface area contributed by atoms with Crippen molar-refractivity contribution in [1.82, 2.24) is 19.4 Å². The third-order valence-corrected chi connectivity index (χ3v) is 7.41. The van der Waals surface area contributed by atoms with Gasteiger partial charge in [-0.3, -0.25) is 9.59 Å². The van der Waals surface area contributed by atoms with Gasteiger partial charge in [0.1, 0.15) is 17.8 Å². The first kappa shape index (κ1) is 25.2. The molecule has 4 aromatic rings. The zero-order chi connectivity index (χ0) is 27.0. The van der Waals surface area contributed by atoms with Crippen LogP contribution in [-0.4, -0.2) is 44.3 Å². The topological polar surface area (TPSA) is 106 Å². The Labute approximate surface area is 222 Å². The SMILES string of the molecule is C=C(C)C(=O)Nc1ccc(-c2c(-c3ccc(C(=O)N(C)C4CCCC4)cc3)c3c(N)ncnc3n2C)cc1. The molecule has 1 aliphatic rings. The van der Waals surface area contributed by atoms with E-state index in [-0.39, 0.29) is 11.8 Å². The van der Waals surface area contributed by atoms with Crippen LogP contribution in [0.3, 0.4) is 0 Å². The number of aryl methyl sites for hydroxylation is 1. The van der Waals surface area contributed by atoms with Crippen LogP contribution in [0.15, 0.2) is 67.0 Å². The van der Waals surface area contributed by atoms with Gasteiger partial charge >= 0.3 is 0 Å². The van der Waals surface area contributed by atoms with Crippen LogP contribution in [0.1, 0.15) is 43.0 Å². The summed E-state index contributed by atoms with van der Waals surface area (Å²) in [6.07, 6.45) is 5.94. The number of hydrogen-bond acceptors (Lipinski definition) is 5. The summed E-state index contributed by atoms with van der Waals surface area (Å²) in [4.78, 5) is 35.8. The van der Waals surface area contributed by atoms with Gasteiger partial charge in [-0.25, -0.2) is 9.97 Å². The van der Waals surface area contributed by atoms with Crippen molar-refractivity contribution in [3.05, 3.63) is 72.6 Å². The fraction of sp³-hybridized carbons (Fsp3) is 0.267. The zero-order valence-corrected chi connectivity index (χ0v) is 22.0. The second kappa shape index (κ2) is 10.1. The average Bonchev–Trinajstić information content (AvgIpc) is 3.56. The molecule has 0 radical (unpaired) electrons. The highest BCUT2D eigenvalue weighted by Gasteiger charge is 2.25. The molecule has 0 bridgehead atoms. The lowest BCUT2D eigenvalue weighted by atomic mass is 9.97. The summed E-state index contributed by atoms with van der Waals surface area (Å²) in [5.74, 6) is 0.203. The Bertz CT molecular complexity index is 1530. The number of nitrogens with one attached hydrogen (secondary N) is 1. The number of nitrogens with two attached hydrogens (primary N) is 1. The van der Waals surface area contributed by atoms with Crippen LogP contribution in [0.2, 0.25) is 0 Å². The second-order valence-corrected chi connectivity index (χ2v) is 9.98. The van der Waals surface area contributed by atoms with Crippen LogP contribution in [0, 0.1) is 0 Å². The zero-order valence-electron chi connectivity index (χ0n) is 22.0. The van der Waals surface area contributed by atoms with Crippen molar-refractivity contribution in [2.45, 2.75) is 38.6 Å². The second-order valence-electron chi connectivity index (χ2n) is 9.98. The summed E-state index contributed by atoms with van der Waals surface area (Å²) in [5, 5.41) is 3.60. The van der Waals surface area contributed by atoms with Gasteiger partial charge in [0.15, 0.2) is 0 Å². The molecule has 0 aliphatic heterocycles. The van der Waals surface area contributed by atoms with E-state index in [1.54, 1.807) is 6.92 Å². The highest BCUT2D eigenvalue weighted by atomic mass is 16.2. The molecule has 38 heavy (non-hydrogen) atoms. The first-order valence-corrected chi connectivity index (χ1v) is 12.8. The Balaban J connectivity index is 1.56. The number of amides is 2. The number of carbonyl (C=O) groups excluding carboxylic acids is 2. The number of carbonyl (C=O) groups is 2. The summed E-state index contributed by atoms with van der Waals surface area (Å²) in [6, 6.07) is 15.6. The van der Waals surface area contributed by atoms with E-state index in [2.05, 4.69) is 21.9 Å². The molecule has 2 aromatic carbocycles. The Hall–Kier alpha value is -4.46. The van der Waals surface area contributed by atoms with Crippen LogP contribution < -0.4 is 11.1 Å². The lowest BCUT2D eigenvalue weighted by Gasteiger charge is -2.24. The summed E-state index contributed by atoms with van der Waals surface area (Å²) in [5.41, 5.74) is 12.5. The predicted molar refractivity (Wildman–Crippen MR) is 152 cm³/mol. The van der Waals surface area contributed by atoms with Crippen LogP contribution in [0.4, 0.5) is 11.5 Å².